The number of fused-ring (bicyclic) bond motifs is 4. The van der Waals surface area contributed by atoms with Crippen molar-refractivity contribution >= 4 is 26.8 Å². The van der Waals surface area contributed by atoms with Crippen molar-refractivity contribution in [3.05, 3.63) is 76.4 Å². The average Bonchev–Trinajstić information content (AvgIpc) is 3.02. The number of rotatable bonds is 3. The highest BCUT2D eigenvalue weighted by Gasteiger charge is 2.57. The third-order valence-electron chi connectivity index (χ3n) is 6.92. The summed E-state index contributed by atoms with van der Waals surface area (Å²) in [6, 6.07) is 13.7. The number of likely N-dealkylation sites (tertiary alicyclic amines) is 1. The van der Waals surface area contributed by atoms with Crippen LogP contribution in [0.1, 0.15) is 23.2 Å². The summed E-state index contributed by atoms with van der Waals surface area (Å²) in [5.74, 6) is 0.249. The van der Waals surface area contributed by atoms with Crippen molar-refractivity contribution in [1.82, 2.24) is 9.88 Å². The number of phenols is 1. The molecule has 1 aliphatic carbocycles. The van der Waals surface area contributed by atoms with Crippen LogP contribution in [0.4, 0.5) is 0 Å². The quantitative estimate of drug-likeness (QED) is 0.519. The Bertz CT molecular complexity index is 1110. The number of phenolic OH excluding ortho intramolecular Hbond substituents is 1. The van der Waals surface area contributed by atoms with Crippen LogP contribution >= 0.6 is 15.9 Å². The number of nitrogens with zero attached hydrogens (tertiary/aromatic N) is 1. The second-order valence-electron chi connectivity index (χ2n) is 8.56. The molecule has 150 valence electrons. The van der Waals surface area contributed by atoms with Gasteiger partial charge in [-0.2, -0.15) is 0 Å². The summed E-state index contributed by atoms with van der Waals surface area (Å²) in [5.41, 5.74) is 3.17. The molecule has 3 aromatic rings. The van der Waals surface area contributed by atoms with E-state index in [1.165, 1.54) is 16.6 Å². The minimum absolute atomic E-state index is 0.249. The van der Waals surface area contributed by atoms with Crippen molar-refractivity contribution in [3.63, 3.8) is 0 Å². The molecule has 2 heterocycles. The zero-order valence-electron chi connectivity index (χ0n) is 16.3. The van der Waals surface area contributed by atoms with Crippen LogP contribution in [-0.2, 0) is 18.3 Å². The second-order valence-corrected chi connectivity index (χ2v) is 9.48. The van der Waals surface area contributed by atoms with Crippen molar-refractivity contribution < 1.29 is 10.2 Å². The van der Waals surface area contributed by atoms with Gasteiger partial charge in [0.1, 0.15) is 5.75 Å². The summed E-state index contributed by atoms with van der Waals surface area (Å²) in [6.07, 6.45) is 4.06. The molecule has 2 atom stereocenters. The Hall–Kier alpha value is -2.08. The van der Waals surface area contributed by atoms with Gasteiger partial charge in [0.15, 0.2) is 0 Å². The zero-order valence-corrected chi connectivity index (χ0v) is 17.9. The van der Waals surface area contributed by atoms with Crippen LogP contribution in [0.2, 0.25) is 0 Å². The number of piperidine rings is 1. The van der Waals surface area contributed by atoms with E-state index >= 15 is 0 Å². The van der Waals surface area contributed by atoms with Gasteiger partial charge >= 0.3 is 0 Å². The lowest BCUT2D eigenvalue weighted by atomic mass is 9.56. The molecule has 29 heavy (non-hydrogen) atoms. The predicted molar refractivity (Wildman–Crippen MR) is 119 cm³/mol. The Balaban J connectivity index is 1.70. The first-order chi connectivity index (χ1) is 13.9. The number of H-pyrrole nitrogens is 1. The number of aromatic amines is 1. The number of halogens is 1. The van der Waals surface area contributed by atoms with Crippen LogP contribution in [0, 0.1) is 0 Å². The van der Waals surface area contributed by atoms with Gasteiger partial charge in [0.25, 0.3) is 0 Å². The zero-order chi connectivity index (χ0) is 20.2. The summed E-state index contributed by atoms with van der Waals surface area (Å²) in [4.78, 5) is 5.90. The van der Waals surface area contributed by atoms with Crippen molar-refractivity contribution in [2.24, 2.45) is 0 Å². The monoisotopic (exact) mass is 452 g/mol. The highest BCUT2D eigenvalue weighted by Crippen LogP contribution is 2.51. The van der Waals surface area contributed by atoms with Gasteiger partial charge in [-0.1, -0.05) is 34.1 Å². The highest BCUT2D eigenvalue weighted by molar-refractivity contribution is 9.10. The topological polar surface area (TPSA) is 59.5 Å². The number of hydrogen-bond donors (Lipinski definition) is 3. The van der Waals surface area contributed by atoms with E-state index in [2.05, 4.69) is 50.6 Å². The van der Waals surface area contributed by atoms with Gasteiger partial charge in [-0.05, 0) is 54.4 Å². The lowest BCUT2D eigenvalue weighted by Gasteiger charge is -2.56. The average molecular weight is 453 g/mol. The van der Waals surface area contributed by atoms with E-state index in [0.29, 0.717) is 13.0 Å². The van der Waals surface area contributed by atoms with Gasteiger partial charge in [-0.3, -0.25) is 4.90 Å². The molecule has 1 aliphatic heterocycles. The molecule has 2 aromatic carbocycles. The Labute approximate surface area is 179 Å². The Morgan fingerprint density at radius 3 is 2.86 bits per heavy atom. The fraction of sp³-hybridized carbons (Fsp3) is 0.333. The molecular formula is C24H25BrN2O2. The molecule has 0 saturated carbocycles. The molecule has 2 aliphatic rings. The Morgan fingerprint density at radius 2 is 2.07 bits per heavy atom. The lowest BCUT2D eigenvalue weighted by Crippen LogP contribution is -2.66. The molecule has 5 rings (SSSR count). The Morgan fingerprint density at radius 1 is 1.21 bits per heavy atom. The number of nitrogens with one attached hydrogen (secondary N) is 1. The van der Waals surface area contributed by atoms with Crippen LogP contribution in [0.15, 0.2) is 59.6 Å². The fourth-order valence-electron chi connectivity index (χ4n) is 5.54. The molecular weight excluding hydrogens is 428 g/mol. The maximum Gasteiger partial charge on any atom is 0.115 e. The molecule has 1 aromatic heterocycles. The van der Waals surface area contributed by atoms with E-state index in [9.17, 15) is 10.2 Å². The van der Waals surface area contributed by atoms with Crippen molar-refractivity contribution in [1.29, 1.82) is 0 Å². The van der Waals surface area contributed by atoms with Crippen molar-refractivity contribution in [2.45, 2.75) is 30.3 Å². The van der Waals surface area contributed by atoms with Gasteiger partial charge < -0.3 is 15.2 Å². The van der Waals surface area contributed by atoms with Crippen LogP contribution in [0.3, 0.4) is 0 Å². The summed E-state index contributed by atoms with van der Waals surface area (Å²) in [5, 5.41) is 23.5. The first-order valence-electron chi connectivity index (χ1n) is 10.1. The first kappa shape index (κ1) is 18.9. The number of hydrogen-bond acceptors (Lipinski definition) is 3. The molecule has 0 spiro atoms. The Kier molecular flexibility index (Phi) is 4.39. The van der Waals surface area contributed by atoms with Crippen LogP contribution < -0.4 is 0 Å². The molecule has 1 saturated heterocycles. The van der Waals surface area contributed by atoms with E-state index < -0.39 is 11.0 Å². The molecule has 1 fully saturated rings. The highest BCUT2D eigenvalue weighted by atomic mass is 79.9. The van der Waals surface area contributed by atoms with Gasteiger partial charge in [0.05, 0.1) is 5.60 Å². The third kappa shape index (κ3) is 2.87. The van der Waals surface area contributed by atoms with E-state index in [-0.39, 0.29) is 5.75 Å². The summed E-state index contributed by atoms with van der Waals surface area (Å²) >= 11 is 3.59. The third-order valence-corrected chi connectivity index (χ3v) is 7.41. The van der Waals surface area contributed by atoms with Gasteiger partial charge in [-0.15, -0.1) is 6.58 Å². The number of aromatic nitrogens is 1. The maximum atomic E-state index is 12.2. The predicted octanol–water partition coefficient (Wildman–Crippen LogP) is 4.30. The molecule has 5 heteroatoms. The van der Waals surface area contributed by atoms with Crippen molar-refractivity contribution in [2.75, 3.05) is 19.6 Å². The normalized spacial score (nSPS) is 26.8. The molecule has 0 bridgehead atoms. The fourth-order valence-corrected chi connectivity index (χ4v) is 5.90. The SMILES string of the molecule is C=CCN1CC[C@@]2(c3cccc(O)c3)Cc3[nH]c4ccc(Br)cc4c3C[C@]2(O)C1. The summed E-state index contributed by atoms with van der Waals surface area (Å²) < 4.78 is 1.04. The molecule has 0 radical (unpaired) electrons. The number of aromatic hydroxyl groups is 1. The van der Waals surface area contributed by atoms with Gasteiger partial charge in [0, 0.05) is 52.4 Å². The van der Waals surface area contributed by atoms with Crippen LogP contribution in [0.25, 0.3) is 10.9 Å². The lowest BCUT2D eigenvalue weighted by molar-refractivity contribution is -0.100. The number of aliphatic hydroxyl groups is 1. The standard InChI is InChI=1S/C24H25BrN2O2/c1-2-9-27-10-8-23(16-4-3-5-18(28)11-16)14-22-20(13-24(23,29)15-27)19-12-17(25)6-7-21(19)26-22/h2-7,11-12,26,28-29H,1,8-10,13-15H2/t23-,24-/m0/s1. The molecule has 0 amide bonds. The minimum Gasteiger partial charge on any atom is -0.508 e. The second kappa shape index (κ2) is 6.73. The van der Waals surface area contributed by atoms with Crippen LogP contribution in [-0.4, -0.2) is 45.3 Å². The van der Waals surface area contributed by atoms with Crippen LogP contribution in [0.5, 0.6) is 5.75 Å². The molecule has 0 unspecified atom stereocenters. The van der Waals surface area contributed by atoms with Crippen molar-refractivity contribution in [3.8, 4) is 5.75 Å². The van der Waals surface area contributed by atoms with Gasteiger partial charge in [0.2, 0.25) is 0 Å². The first-order valence-corrected chi connectivity index (χ1v) is 10.9. The molecule has 4 nitrogen and oxygen atoms in total. The maximum absolute atomic E-state index is 12.2. The number of β-amino-alcohol motifs (C(OH)–C–C–N with tert-alkyl or cyclic N) is 1. The van der Waals surface area contributed by atoms with E-state index in [1.54, 1.807) is 6.07 Å². The molecule has 3 N–H and O–H groups in total. The summed E-state index contributed by atoms with van der Waals surface area (Å²) in [6.45, 7) is 6.13. The largest absolute Gasteiger partial charge is 0.508 e. The number of benzene rings is 2. The summed E-state index contributed by atoms with van der Waals surface area (Å²) in [7, 11) is 0. The van der Waals surface area contributed by atoms with Gasteiger partial charge in [-0.25, -0.2) is 0 Å². The van der Waals surface area contributed by atoms with E-state index in [1.807, 2.05) is 24.3 Å². The smallest absolute Gasteiger partial charge is 0.115 e. The van der Waals surface area contributed by atoms with E-state index in [0.717, 1.165) is 41.5 Å². The van der Waals surface area contributed by atoms with E-state index in [4.69, 9.17) is 0 Å². The minimum atomic E-state index is -0.924.